The van der Waals surface area contributed by atoms with Gasteiger partial charge in [-0.05, 0) is 50.6 Å². The molecule has 0 radical (unpaired) electrons. The van der Waals surface area contributed by atoms with Crippen LogP contribution in [0.1, 0.15) is 38.5 Å². The minimum Gasteiger partial charge on any atom is -0.461 e. The Kier molecular flexibility index (Phi) is 9.52. The molecular formula is C28H36N7O8P. The molecule has 0 saturated carbocycles. The van der Waals surface area contributed by atoms with Crippen LogP contribution in [0.4, 0.5) is 5.82 Å². The highest BCUT2D eigenvalue weighted by Gasteiger charge is 2.57. The van der Waals surface area contributed by atoms with Crippen LogP contribution in [0.5, 0.6) is 5.75 Å². The number of likely N-dealkylation sites (tertiary alicyclic amines) is 1. The van der Waals surface area contributed by atoms with Gasteiger partial charge in [-0.3, -0.25) is 9.32 Å². The van der Waals surface area contributed by atoms with Gasteiger partial charge in [0, 0.05) is 13.1 Å². The van der Waals surface area contributed by atoms with Crippen LogP contribution in [0.25, 0.3) is 5.52 Å². The molecular weight excluding hydrogens is 593 g/mol. The van der Waals surface area contributed by atoms with E-state index in [0.29, 0.717) is 24.1 Å². The van der Waals surface area contributed by atoms with E-state index >= 15 is 0 Å². The summed E-state index contributed by atoms with van der Waals surface area (Å²) in [4.78, 5) is 19.2. The number of ether oxygens (including phenoxy) is 2. The van der Waals surface area contributed by atoms with E-state index in [1.54, 1.807) is 30.3 Å². The van der Waals surface area contributed by atoms with Crippen molar-refractivity contribution < 1.29 is 38.1 Å². The van der Waals surface area contributed by atoms with E-state index in [4.69, 9.17) is 24.3 Å². The van der Waals surface area contributed by atoms with Crippen LogP contribution in [0.2, 0.25) is 0 Å². The van der Waals surface area contributed by atoms with Gasteiger partial charge in [0.2, 0.25) is 5.60 Å². The number of aromatic nitrogens is 3. The maximum atomic E-state index is 14.1. The molecule has 2 aliphatic rings. The van der Waals surface area contributed by atoms with Gasteiger partial charge in [-0.2, -0.15) is 15.4 Å². The molecule has 5 N–H and O–H groups in total. The fourth-order valence-electron chi connectivity index (χ4n) is 5.27. The number of para-hydroxylation sites is 1. The van der Waals surface area contributed by atoms with Crippen LogP contribution in [0.3, 0.4) is 0 Å². The first-order valence-corrected chi connectivity index (χ1v) is 15.9. The number of nitrogens with zero attached hydrogens (tertiary/aromatic N) is 5. The fourth-order valence-corrected chi connectivity index (χ4v) is 6.79. The highest BCUT2D eigenvalue weighted by atomic mass is 31.2. The van der Waals surface area contributed by atoms with E-state index in [9.17, 15) is 24.8 Å². The van der Waals surface area contributed by atoms with E-state index in [0.717, 1.165) is 19.6 Å². The molecule has 16 heteroatoms. The van der Waals surface area contributed by atoms with E-state index < -0.39 is 50.3 Å². The Morgan fingerprint density at radius 3 is 2.68 bits per heavy atom. The SMILES string of the molecule is CCN1CCC(OC(=O)[C@H](C)NP(=O)(OC[C@@]2(C#N)O[C@@H](c3ccc4c(N)ncnn34)[C@H](O)[C@@H]2O)Oc2ccccc2)CC1. The quantitative estimate of drug-likeness (QED) is 0.176. The molecule has 2 saturated heterocycles. The van der Waals surface area contributed by atoms with Crippen LogP contribution < -0.4 is 15.3 Å². The molecule has 2 fully saturated rings. The number of benzene rings is 1. The number of fused-ring (bicyclic) bond motifs is 1. The number of aliphatic hydroxyl groups is 2. The molecule has 5 rings (SSSR count). The maximum absolute atomic E-state index is 14.1. The van der Waals surface area contributed by atoms with Crippen molar-refractivity contribution in [3.63, 3.8) is 0 Å². The van der Waals surface area contributed by atoms with Gasteiger partial charge in [0.1, 0.15) is 60.7 Å². The second kappa shape index (κ2) is 13.2. The van der Waals surface area contributed by atoms with Crippen molar-refractivity contribution in [2.45, 2.75) is 62.7 Å². The smallest absolute Gasteiger partial charge is 0.459 e. The minimum atomic E-state index is -4.42. The molecule has 1 aromatic carbocycles. The minimum absolute atomic E-state index is 0.157. The summed E-state index contributed by atoms with van der Waals surface area (Å²) < 4.78 is 38.4. The Balaban J connectivity index is 1.33. The molecule has 44 heavy (non-hydrogen) atoms. The Labute approximate surface area is 254 Å². The number of anilines is 1. The Morgan fingerprint density at radius 1 is 1.27 bits per heavy atom. The first-order chi connectivity index (χ1) is 21.1. The number of nitrogens with one attached hydrogen (secondary N) is 1. The highest BCUT2D eigenvalue weighted by Crippen LogP contribution is 2.48. The van der Waals surface area contributed by atoms with Crippen LogP contribution in [0, 0.1) is 11.3 Å². The lowest BCUT2D eigenvalue weighted by Gasteiger charge is -2.32. The highest BCUT2D eigenvalue weighted by molar-refractivity contribution is 7.52. The van der Waals surface area contributed by atoms with Crippen LogP contribution in [-0.2, 0) is 23.4 Å². The lowest BCUT2D eigenvalue weighted by Crippen LogP contribution is -2.46. The third-order valence-electron chi connectivity index (χ3n) is 7.83. The van der Waals surface area contributed by atoms with Gasteiger partial charge >= 0.3 is 13.7 Å². The Bertz CT molecular complexity index is 1540. The average molecular weight is 630 g/mol. The summed E-state index contributed by atoms with van der Waals surface area (Å²) in [5, 5.41) is 38.8. The molecule has 1 unspecified atom stereocenters. The number of nitrogens with two attached hydrogens (primary N) is 1. The van der Waals surface area contributed by atoms with Crippen molar-refractivity contribution in [3.8, 4) is 11.8 Å². The lowest BCUT2D eigenvalue weighted by atomic mass is 9.96. The summed E-state index contributed by atoms with van der Waals surface area (Å²) in [6, 6.07) is 12.0. The largest absolute Gasteiger partial charge is 0.461 e. The second-order valence-corrected chi connectivity index (χ2v) is 12.5. The fraction of sp³-hybridized carbons (Fsp3) is 0.500. The summed E-state index contributed by atoms with van der Waals surface area (Å²) in [6.07, 6.45) is -2.32. The molecule has 3 aromatic rings. The summed E-state index contributed by atoms with van der Waals surface area (Å²) in [5.74, 6) is -0.313. The number of hydrogen-bond donors (Lipinski definition) is 4. The molecule has 0 spiro atoms. The van der Waals surface area contributed by atoms with Crippen LogP contribution in [0.15, 0.2) is 48.8 Å². The number of aliphatic hydroxyl groups excluding tert-OH is 2. The van der Waals surface area contributed by atoms with Crippen LogP contribution in [-0.4, -0.2) is 91.9 Å². The normalized spacial score (nSPS) is 26.6. The number of esters is 1. The van der Waals surface area contributed by atoms with Crippen molar-refractivity contribution in [1.29, 1.82) is 5.26 Å². The van der Waals surface area contributed by atoms with Crippen molar-refractivity contribution in [2.24, 2.45) is 0 Å². The lowest BCUT2D eigenvalue weighted by molar-refractivity contribution is -0.153. The molecule has 0 aliphatic carbocycles. The number of nitriles is 1. The van der Waals surface area contributed by atoms with Gasteiger partial charge in [-0.25, -0.2) is 14.1 Å². The van der Waals surface area contributed by atoms with Crippen molar-refractivity contribution in [1.82, 2.24) is 24.6 Å². The van der Waals surface area contributed by atoms with Crippen molar-refractivity contribution >= 4 is 25.1 Å². The summed E-state index contributed by atoms with van der Waals surface area (Å²) in [7, 11) is -4.42. The van der Waals surface area contributed by atoms with Gasteiger partial charge in [0.25, 0.3) is 0 Å². The predicted octanol–water partition coefficient (Wildman–Crippen LogP) is 1.58. The second-order valence-electron chi connectivity index (χ2n) is 10.8. The Hall–Kier alpha value is -3.61. The zero-order valence-electron chi connectivity index (χ0n) is 24.4. The van der Waals surface area contributed by atoms with Gasteiger partial charge in [0.15, 0.2) is 5.82 Å². The van der Waals surface area contributed by atoms with E-state index in [1.807, 2.05) is 6.07 Å². The molecule has 236 valence electrons. The molecule has 0 amide bonds. The monoisotopic (exact) mass is 629 g/mol. The first-order valence-electron chi connectivity index (χ1n) is 14.3. The zero-order valence-corrected chi connectivity index (χ0v) is 25.2. The van der Waals surface area contributed by atoms with Crippen molar-refractivity contribution in [2.75, 3.05) is 32.0 Å². The third kappa shape index (κ3) is 6.57. The number of carbonyl (C=O) groups is 1. The molecule has 6 atom stereocenters. The topological polar surface area (TPSA) is 207 Å². The third-order valence-corrected chi connectivity index (χ3v) is 9.45. The van der Waals surface area contributed by atoms with Crippen molar-refractivity contribution in [3.05, 3.63) is 54.5 Å². The molecule has 15 nitrogen and oxygen atoms in total. The molecule has 2 aliphatic heterocycles. The van der Waals surface area contributed by atoms with Gasteiger partial charge < -0.3 is 34.8 Å². The summed E-state index contributed by atoms with van der Waals surface area (Å²) >= 11 is 0. The van der Waals surface area contributed by atoms with E-state index in [-0.39, 0.29) is 17.7 Å². The maximum Gasteiger partial charge on any atom is 0.459 e. The summed E-state index contributed by atoms with van der Waals surface area (Å²) in [5.41, 5.74) is 4.45. The standard InChI is InChI=1S/C28H36N7O8P/c1-3-34-13-11-19(12-14-34)41-27(38)18(2)33-44(39,43-20-7-5-4-6-8-20)40-16-28(15-29)25(37)23(36)24(42-28)21-9-10-22-26(30)31-17-32-35(21)22/h4-10,17-19,23-25,36-37H,3,11-14,16H2,1-2H3,(H,33,39)(H2,30,31,32)/t18-,23-,24-,25-,28+,44?/m0/s1. The van der Waals surface area contributed by atoms with Gasteiger partial charge in [0.05, 0.1) is 5.69 Å². The summed E-state index contributed by atoms with van der Waals surface area (Å²) in [6.45, 7) is 5.26. The Morgan fingerprint density at radius 2 is 2.00 bits per heavy atom. The zero-order chi connectivity index (χ0) is 31.5. The molecule has 2 aromatic heterocycles. The molecule has 0 bridgehead atoms. The number of rotatable bonds is 11. The van der Waals surface area contributed by atoms with Crippen LogP contribution >= 0.6 is 7.75 Å². The van der Waals surface area contributed by atoms with Gasteiger partial charge in [-0.1, -0.05) is 25.1 Å². The number of nitrogen functional groups attached to an aromatic ring is 1. The van der Waals surface area contributed by atoms with Gasteiger partial charge in [-0.15, -0.1) is 0 Å². The number of hydrogen-bond acceptors (Lipinski definition) is 13. The van der Waals surface area contributed by atoms with E-state index in [2.05, 4.69) is 27.0 Å². The predicted molar refractivity (Wildman–Crippen MR) is 156 cm³/mol. The first kappa shape index (κ1) is 31.8. The number of piperidine rings is 1. The average Bonchev–Trinajstić information content (AvgIpc) is 3.56. The molecule has 4 heterocycles. The number of carbonyl (C=O) groups excluding carboxylic acids is 1. The van der Waals surface area contributed by atoms with E-state index in [1.165, 1.54) is 29.9 Å².